The molecular formula is C22H15BrN2OS. The number of fused-ring (bicyclic) bond motifs is 1. The van der Waals surface area contributed by atoms with Crippen LogP contribution in [0, 0.1) is 0 Å². The molecule has 0 saturated carbocycles. The molecular weight excluding hydrogens is 420 g/mol. The maximum atomic E-state index is 12.1. The quantitative estimate of drug-likeness (QED) is 0.378. The number of nitrogens with one attached hydrogen (secondary N) is 1. The van der Waals surface area contributed by atoms with E-state index in [0.29, 0.717) is 5.13 Å². The smallest absolute Gasteiger partial charge is 0.250 e. The van der Waals surface area contributed by atoms with Crippen molar-refractivity contribution in [1.29, 1.82) is 0 Å². The van der Waals surface area contributed by atoms with Crippen LogP contribution in [0.2, 0.25) is 0 Å². The molecule has 132 valence electrons. The Labute approximate surface area is 169 Å². The van der Waals surface area contributed by atoms with E-state index in [4.69, 9.17) is 0 Å². The molecule has 0 radical (unpaired) electrons. The highest BCUT2D eigenvalue weighted by atomic mass is 79.9. The Hall–Kier alpha value is -2.76. The van der Waals surface area contributed by atoms with E-state index in [1.165, 1.54) is 28.2 Å². The summed E-state index contributed by atoms with van der Waals surface area (Å²) in [5, 5.41) is 7.74. The molecule has 4 aromatic rings. The summed E-state index contributed by atoms with van der Waals surface area (Å²) >= 11 is 4.81. The van der Waals surface area contributed by atoms with Crippen molar-refractivity contribution in [2.45, 2.75) is 0 Å². The molecule has 1 N–H and O–H groups in total. The van der Waals surface area contributed by atoms with Crippen molar-refractivity contribution >= 4 is 55.2 Å². The second-order valence-electron chi connectivity index (χ2n) is 5.97. The van der Waals surface area contributed by atoms with Crippen LogP contribution >= 0.6 is 27.3 Å². The Kier molecular flexibility index (Phi) is 5.14. The fraction of sp³-hybridized carbons (Fsp3) is 0. The largest absolute Gasteiger partial charge is 0.298 e. The molecule has 1 aromatic heterocycles. The molecule has 0 aliphatic carbocycles. The lowest BCUT2D eigenvalue weighted by atomic mass is 10.1. The second-order valence-corrected chi connectivity index (χ2v) is 7.75. The molecule has 1 amide bonds. The SMILES string of the molecule is O=C(/C=C/c1ccc(Br)cc1)Nc1nc(-c2ccc3ccccc3c2)cs1. The lowest BCUT2D eigenvalue weighted by Gasteiger charge is -2.01. The fourth-order valence-corrected chi connectivity index (χ4v) is 3.69. The molecule has 27 heavy (non-hydrogen) atoms. The maximum Gasteiger partial charge on any atom is 0.250 e. The fourth-order valence-electron chi connectivity index (χ4n) is 2.71. The van der Waals surface area contributed by atoms with Crippen molar-refractivity contribution in [3.05, 3.63) is 88.2 Å². The standard InChI is InChI=1S/C22H15BrN2OS/c23-19-10-5-15(6-11-19)7-12-21(26)25-22-24-20(14-27-22)18-9-8-16-3-1-2-4-17(16)13-18/h1-14H,(H,24,25,26)/b12-7+. The highest BCUT2D eigenvalue weighted by Gasteiger charge is 2.07. The normalized spacial score (nSPS) is 11.1. The minimum atomic E-state index is -0.197. The minimum absolute atomic E-state index is 0.197. The first kappa shape index (κ1) is 17.6. The van der Waals surface area contributed by atoms with E-state index in [1.54, 1.807) is 6.08 Å². The molecule has 3 aromatic carbocycles. The van der Waals surface area contributed by atoms with Crippen LogP contribution in [0.25, 0.3) is 28.1 Å². The second kappa shape index (κ2) is 7.86. The molecule has 0 fully saturated rings. The predicted octanol–water partition coefficient (Wildman–Crippen LogP) is 6.38. The van der Waals surface area contributed by atoms with Crippen LogP contribution in [-0.4, -0.2) is 10.9 Å². The molecule has 0 unspecified atom stereocenters. The van der Waals surface area contributed by atoms with Crippen molar-refractivity contribution in [1.82, 2.24) is 4.98 Å². The van der Waals surface area contributed by atoms with Crippen LogP contribution in [-0.2, 0) is 4.79 Å². The zero-order chi connectivity index (χ0) is 18.6. The summed E-state index contributed by atoms with van der Waals surface area (Å²) < 4.78 is 1.01. The third-order valence-corrected chi connectivity index (χ3v) is 5.36. The van der Waals surface area contributed by atoms with E-state index in [0.717, 1.165) is 21.3 Å². The number of aromatic nitrogens is 1. The van der Waals surface area contributed by atoms with Gasteiger partial charge < -0.3 is 0 Å². The van der Waals surface area contributed by atoms with Gasteiger partial charge in [0.15, 0.2) is 5.13 Å². The van der Waals surface area contributed by atoms with Crippen LogP contribution in [0.3, 0.4) is 0 Å². The Morgan fingerprint density at radius 3 is 2.59 bits per heavy atom. The maximum absolute atomic E-state index is 12.1. The van der Waals surface area contributed by atoms with Gasteiger partial charge in [0.2, 0.25) is 5.91 Å². The van der Waals surface area contributed by atoms with Crippen LogP contribution in [0.1, 0.15) is 5.56 Å². The van der Waals surface area contributed by atoms with E-state index in [-0.39, 0.29) is 5.91 Å². The summed E-state index contributed by atoms with van der Waals surface area (Å²) in [6.45, 7) is 0. The van der Waals surface area contributed by atoms with Gasteiger partial charge >= 0.3 is 0 Å². The number of hydrogen-bond acceptors (Lipinski definition) is 3. The number of hydrogen-bond donors (Lipinski definition) is 1. The summed E-state index contributed by atoms with van der Waals surface area (Å²) in [5.74, 6) is -0.197. The number of halogens is 1. The average Bonchev–Trinajstić information content (AvgIpc) is 3.15. The van der Waals surface area contributed by atoms with E-state index >= 15 is 0 Å². The van der Waals surface area contributed by atoms with Gasteiger partial charge in [-0.1, -0.05) is 64.5 Å². The number of thiazole rings is 1. The summed E-state index contributed by atoms with van der Waals surface area (Å²) in [6.07, 6.45) is 3.29. The summed E-state index contributed by atoms with van der Waals surface area (Å²) in [4.78, 5) is 16.7. The molecule has 0 spiro atoms. The van der Waals surface area contributed by atoms with Gasteiger partial charge in [0.05, 0.1) is 5.69 Å². The molecule has 4 rings (SSSR count). The molecule has 3 nitrogen and oxygen atoms in total. The number of benzene rings is 3. The molecule has 1 heterocycles. The van der Waals surface area contributed by atoms with Gasteiger partial charge in [-0.3, -0.25) is 10.1 Å². The van der Waals surface area contributed by atoms with Crippen LogP contribution in [0.5, 0.6) is 0 Å². The topological polar surface area (TPSA) is 42.0 Å². The molecule has 0 aliphatic rings. The summed E-state index contributed by atoms with van der Waals surface area (Å²) in [7, 11) is 0. The zero-order valence-corrected chi connectivity index (χ0v) is 16.6. The summed E-state index contributed by atoms with van der Waals surface area (Å²) in [5.41, 5.74) is 2.86. The first-order valence-corrected chi connectivity index (χ1v) is 10.0. The van der Waals surface area contributed by atoms with E-state index in [2.05, 4.69) is 56.6 Å². The lowest BCUT2D eigenvalue weighted by Crippen LogP contribution is -2.07. The molecule has 0 atom stereocenters. The van der Waals surface area contributed by atoms with Gasteiger partial charge in [-0.25, -0.2) is 4.98 Å². The minimum Gasteiger partial charge on any atom is -0.298 e. The number of rotatable bonds is 4. The third-order valence-electron chi connectivity index (χ3n) is 4.08. The van der Waals surface area contributed by atoms with E-state index in [9.17, 15) is 4.79 Å². The van der Waals surface area contributed by atoms with Crippen molar-refractivity contribution in [2.75, 3.05) is 5.32 Å². The highest BCUT2D eigenvalue weighted by molar-refractivity contribution is 9.10. The van der Waals surface area contributed by atoms with Crippen molar-refractivity contribution in [2.24, 2.45) is 0 Å². The summed E-state index contributed by atoms with van der Waals surface area (Å²) in [6, 6.07) is 22.2. The van der Waals surface area contributed by atoms with Gasteiger partial charge in [0, 0.05) is 21.5 Å². The van der Waals surface area contributed by atoms with Crippen molar-refractivity contribution < 1.29 is 4.79 Å². The molecule has 5 heteroatoms. The number of carbonyl (C=O) groups excluding carboxylic acids is 1. The van der Waals surface area contributed by atoms with Gasteiger partial charge in [-0.2, -0.15) is 0 Å². The molecule has 0 bridgehead atoms. The number of amides is 1. The van der Waals surface area contributed by atoms with Crippen molar-refractivity contribution in [3.63, 3.8) is 0 Å². The average molecular weight is 435 g/mol. The Morgan fingerprint density at radius 2 is 1.78 bits per heavy atom. The number of carbonyl (C=O) groups is 1. The first-order chi connectivity index (χ1) is 13.2. The molecule has 0 aliphatic heterocycles. The number of nitrogens with zero attached hydrogens (tertiary/aromatic N) is 1. The number of anilines is 1. The van der Waals surface area contributed by atoms with Gasteiger partial charge in [0.25, 0.3) is 0 Å². The van der Waals surface area contributed by atoms with Crippen molar-refractivity contribution in [3.8, 4) is 11.3 Å². The monoisotopic (exact) mass is 434 g/mol. The Balaban J connectivity index is 1.47. The predicted molar refractivity (Wildman–Crippen MR) is 117 cm³/mol. The van der Waals surface area contributed by atoms with Gasteiger partial charge in [-0.05, 0) is 40.6 Å². The zero-order valence-electron chi connectivity index (χ0n) is 14.2. The highest BCUT2D eigenvalue weighted by Crippen LogP contribution is 2.27. The Bertz CT molecular complexity index is 1130. The Morgan fingerprint density at radius 1 is 1.00 bits per heavy atom. The molecule has 0 saturated heterocycles. The third kappa shape index (κ3) is 4.32. The van der Waals surface area contributed by atoms with Gasteiger partial charge in [-0.15, -0.1) is 11.3 Å². The van der Waals surface area contributed by atoms with Crippen LogP contribution < -0.4 is 5.32 Å². The van der Waals surface area contributed by atoms with Gasteiger partial charge in [0.1, 0.15) is 0 Å². The first-order valence-electron chi connectivity index (χ1n) is 8.37. The lowest BCUT2D eigenvalue weighted by molar-refractivity contribution is -0.111. The van der Waals surface area contributed by atoms with E-state index < -0.39 is 0 Å². The van der Waals surface area contributed by atoms with E-state index in [1.807, 2.05) is 41.8 Å². The van der Waals surface area contributed by atoms with Crippen LogP contribution in [0.4, 0.5) is 5.13 Å². The van der Waals surface area contributed by atoms with Crippen LogP contribution in [0.15, 0.2) is 82.7 Å².